The third kappa shape index (κ3) is 6.71. The van der Waals surface area contributed by atoms with Gasteiger partial charge in [-0.1, -0.05) is 41.9 Å². The van der Waals surface area contributed by atoms with Crippen molar-refractivity contribution in [3.8, 4) is 5.75 Å². The highest BCUT2D eigenvalue weighted by atomic mass is 35.5. The molecule has 2 fully saturated rings. The minimum Gasteiger partial charge on any atom is -0.489 e. The van der Waals surface area contributed by atoms with Crippen molar-refractivity contribution >= 4 is 52.1 Å². The molecule has 0 N–H and O–H groups in total. The Morgan fingerprint density at radius 1 is 1.08 bits per heavy atom. The Bertz CT molecular complexity index is 1400. The van der Waals surface area contributed by atoms with Crippen molar-refractivity contribution in [2.45, 2.75) is 13.5 Å². The van der Waals surface area contributed by atoms with Gasteiger partial charge in [0.05, 0.1) is 23.8 Å². The van der Waals surface area contributed by atoms with Gasteiger partial charge >= 0.3 is 0 Å². The van der Waals surface area contributed by atoms with Crippen molar-refractivity contribution < 1.29 is 19.1 Å². The van der Waals surface area contributed by atoms with Crippen molar-refractivity contribution in [3.63, 3.8) is 0 Å². The fraction of sp³-hybridized carbons (Fsp3) is 0.233. The van der Waals surface area contributed by atoms with Gasteiger partial charge in [-0.3, -0.25) is 14.5 Å². The molecule has 0 aromatic heterocycles. The van der Waals surface area contributed by atoms with Crippen LogP contribution in [-0.2, 0) is 16.1 Å². The SMILES string of the molecule is CCN1C(=O)/C(=C\c2ccc(OCc3ccc(Cl)cc3)cc2)SC1=Nc1cccc(C(=O)N2CCOCC2)c1. The summed E-state index contributed by atoms with van der Waals surface area (Å²) in [5.74, 6) is 0.607. The quantitative estimate of drug-likeness (QED) is 0.330. The minimum atomic E-state index is -0.0927. The van der Waals surface area contributed by atoms with Crippen LogP contribution in [0.25, 0.3) is 6.08 Å². The molecule has 5 rings (SSSR count). The third-order valence-electron chi connectivity index (χ3n) is 6.32. The van der Waals surface area contributed by atoms with E-state index in [1.807, 2.05) is 73.7 Å². The summed E-state index contributed by atoms with van der Waals surface area (Å²) in [4.78, 5) is 34.8. The van der Waals surface area contributed by atoms with Crippen LogP contribution in [-0.4, -0.2) is 59.6 Å². The van der Waals surface area contributed by atoms with Crippen LogP contribution < -0.4 is 4.74 Å². The van der Waals surface area contributed by atoms with E-state index in [4.69, 9.17) is 26.1 Å². The van der Waals surface area contributed by atoms with Crippen LogP contribution in [0.5, 0.6) is 5.75 Å². The number of aliphatic imine (C=N–C) groups is 1. The van der Waals surface area contributed by atoms with Crippen LogP contribution >= 0.6 is 23.4 Å². The van der Waals surface area contributed by atoms with Crippen LogP contribution in [0.3, 0.4) is 0 Å². The molecule has 0 aliphatic carbocycles. The molecule has 0 spiro atoms. The van der Waals surface area contributed by atoms with Gasteiger partial charge in [0, 0.05) is 30.2 Å². The lowest BCUT2D eigenvalue weighted by molar-refractivity contribution is -0.122. The molecule has 0 radical (unpaired) electrons. The van der Waals surface area contributed by atoms with Crippen molar-refractivity contribution in [2.24, 2.45) is 4.99 Å². The van der Waals surface area contributed by atoms with E-state index in [9.17, 15) is 9.59 Å². The number of ether oxygens (including phenoxy) is 2. The monoisotopic (exact) mass is 561 g/mol. The number of carbonyl (C=O) groups excluding carboxylic acids is 2. The van der Waals surface area contributed by atoms with E-state index < -0.39 is 0 Å². The average Bonchev–Trinajstić information content (AvgIpc) is 3.26. The lowest BCUT2D eigenvalue weighted by Gasteiger charge is -2.26. The van der Waals surface area contributed by atoms with E-state index >= 15 is 0 Å². The molecule has 2 aliphatic rings. The zero-order valence-electron chi connectivity index (χ0n) is 21.5. The minimum absolute atomic E-state index is 0.0379. The number of morpholine rings is 1. The first-order valence-corrected chi connectivity index (χ1v) is 13.9. The first-order chi connectivity index (χ1) is 19.0. The van der Waals surface area contributed by atoms with Gasteiger partial charge in [-0.15, -0.1) is 0 Å². The van der Waals surface area contributed by atoms with Crippen LogP contribution in [0.1, 0.15) is 28.4 Å². The van der Waals surface area contributed by atoms with E-state index in [1.165, 1.54) is 11.8 Å². The number of benzene rings is 3. The molecule has 3 aromatic rings. The van der Waals surface area contributed by atoms with Crippen LogP contribution in [0.4, 0.5) is 5.69 Å². The van der Waals surface area contributed by atoms with Gasteiger partial charge in [0.15, 0.2) is 5.17 Å². The maximum atomic E-state index is 13.1. The summed E-state index contributed by atoms with van der Waals surface area (Å²) in [6.07, 6.45) is 1.86. The highest BCUT2D eigenvalue weighted by molar-refractivity contribution is 8.18. The van der Waals surface area contributed by atoms with E-state index in [-0.39, 0.29) is 11.8 Å². The smallest absolute Gasteiger partial charge is 0.266 e. The number of hydrogen-bond acceptors (Lipinski definition) is 6. The summed E-state index contributed by atoms with van der Waals surface area (Å²) in [7, 11) is 0. The molecule has 200 valence electrons. The molecule has 0 saturated carbocycles. The lowest BCUT2D eigenvalue weighted by Crippen LogP contribution is -2.40. The fourth-order valence-electron chi connectivity index (χ4n) is 4.20. The number of thioether (sulfide) groups is 1. The normalized spacial score (nSPS) is 17.7. The molecule has 2 saturated heterocycles. The Labute approximate surface area is 237 Å². The van der Waals surface area contributed by atoms with Gasteiger partial charge in [-0.2, -0.15) is 0 Å². The van der Waals surface area contributed by atoms with E-state index in [0.717, 1.165) is 16.9 Å². The Balaban J connectivity index is 1.28. The van der Waals surface area contributed by atoms with Crippen LogP contribution in [0.15, 0.2) is 82.7 Å². The van der Waals surface area contributed by atoms with Gasteiger partial charge in [-0.25, -0.2) is 4.99 Å². The molecular weight excluding hydrogens is 534 g/mol. The molecule has 0 unspecified atom stereocenters. The van der Waals surface area contributed by atoms with Crippen molar-refractivity contribution in [3.05, 3.63) is 99.4 Å². The number of rotatable bonds is 7. The number of carbonyl (C=O) groups is 2. The molecule has 2 aliphatic heterocycles. The number of amides is 2. The van der Waals surface area contributed by atoms with E-state index in [0.29, 0.717) is 65.8 Å². The molecule has 0 bridgehead atoms. The summed E-state index contributed by atoms with van der Waals surface area (Å²) in [5, 5.41) is 1.28. The third-order valence-corrected chi connectivity index (χ3v) is 7.58. The second-order valence-corrected chi connectivity index (χ2v) is 10.4. The maximum absolute atomic E-state index is 13.1. The zero-order valence-corrected chi connectivity index (χ0v) is 23.1. The molecule has 7 nitrogen and oxygen atoms in total. The molecule has 2 amide bonds. The van der Waals surface area contributed by atoms with Gasteiger partial charge in [0.25, 0.3) is 11.8 Å². The van der Waals surface area contributed by atoms with Gasteiger partial charge in [0.2, 0.25) is 0 Å². The van der Waals surface area contributed by atoms with Crippen LogP contribution in [0, 0.1) is 0 Å². The van der Waals surface area contributed by atoms with Crippen molar-refractivity contribution in [1.82, 2.24) is 9.80 Å². The number of nitrogens with zero attached hydrogens (tertiary/aromatic N) is 3. The summed E-state index contributed by atoms with van der Waals surface area (Å²) in [5.41, 5.74) is 3.12. The Morgan fingerprint density at radius 2 is 1.82 bits per heavy atom. The van der Waals surface area contributed by atoms with Gasteiger partial charge in [-0.05, 0) is 78.4 Å². The fourth-order valence-corrected chi connectivity index (χ4v) is 5.39. The summed E-state index contributed by atoms with van der Waals surface area (Å²) < 4.78 is 11.2. The first-order valence-electron chi connectivity index (χ1n) is 12.7. The summed E-state index contributed by atoms with van der Waals surface area (Å²) in [6.45, 7) is 5.10. The highest BCUT2D eigenvalue weighted by Crippen LogP contribution is 2.34. The van der Waals surface area contributed by atoms with Crippen molar-refractivity contribution in [1.29, 1.82) is 0 Å². The second-order valence-electron chi connectivity index (χ2n) is 8.99. The van der Waals surface area contributed by atoms with Crippen LogP contribution in [0.2, 0.25) is 5.02 Å². The van der Waals surface area contributed by atoms with E-state index in [2.05, 4.69) is 0 Å². The molecule has 0 atom stereocenters. The molecular formula is C30H28ClN3O4S. The first kappa shape index (κ1) is 27.0. The Hall–Kier alpha value is -3.59. The highest BCUT2D eigenvalue weighted by Gasteiger charge is 2.32. The largest absolute Gasteiger partial charge is 0.489 e. The summed E-state index contributed by atoms with van der Waals surface area (Å²) in [6, 6.07) is 22.4. The Morgan fingerprint density at radius 3 is 2.54 bits per heavy atom. The standard InChI is InChI=1S/C30H28ClN3O4S/c1-2-34-29(36)27(18-21-8-12-26(13-9-21)38-20-22-6-10-24(31)11-7-22)39-30(34)32-25-5-3-4-23(19-25)28(35)33-14-16-37-17-15-33/h3-13,18-19H,2,14-17,20H2,1H3/b27-18+,32-30?. The topological polar surface area (TPSA) is 71.4 Å². The second kappa shape index (κ2) is 12.5. The maximum Gasteiger partial charge on any atom is 0.266 e. The van der Waals surface area contributed by atoms with Crippen molar-refractivity contribution in [2.75, 3.05) is 32.8 Å². The predicted molar refractivity (Wildman–Crippen MR) is 155 cm³/mol. The van der Waals surface area contributed by atoms with Gasteiger partial charge in [0.1, 0.15) is 12.4 Å². The molecule has 9 heteroatoms. The van der Waals surface area contributed by atoms with E-state index in [1.54, 1.807) is 21.9 Å². The molecule has 2 heterocycles. The summed E-state index contributed by atoms with van der Waals surface area (Å²) >= 11 is 7.27. The average molecular weight is 562 g/mol. The zero-order chi connectivity index (χ0) is 27.2. The number of amidine groups is 1. The van der Waals surface area contributed by atoms with Gasteiger partial charge < -0.3 is 14.4 Å². The molecule has 39 heavy (non-hydrogen) atoms. The number of halogens is 1. The Kier molecular flexibility index (Phi) is 8.66. The molecule has 3 aromatic carbocycles. The lowest BCUT2D eigenvalue weighted by atomic mass is 10.1. The number of hydrogen-bond donors (Lipinski definition) is 0. The predicted octanol–water partition coefficient (Wildman–Crippen LogP) is 6.02. The number of likely N-dealkylation sites (N-methyl/N-ethyl adjacent to an activating group) is 1.